The smallest absolute Gasteiger partial charge is 0.251 e. The van der Waals surface area contributed by atoms with Crippen LogP contribution in [0.25, 0.3) is 6.08 Å². The summed E-state index contributed by atoms with van der Waals surface area (Å²) in [6.07, 6.45) is 5.84. The average Bonchev–Trinajstić information content (AvgIpc) is 2.33. The van der Waals surface area contributed by atoms with E-state index in [2.05, 4.69) is 0 Å². The van der Waals surface area contributed by atoms with E-state index in [0.29, 0.717) is 6.54 Å². The van der Waals surface area contributed by atoms with Gasteiger partial charge in [0, 0.05) is 18.8 Å². The third kappa shape index (κ3) is 3.18. The number of allylic oxidation sites excluding steroid dienone is 1. The van der Waals surface area contributed by atoms with Gasteiger partial charge in [0.2, 0.25) is 0 Å². The van der Waals surface area contributed by atoms with E-state index in [1.807, 2.05) is 61.7 Å². The van der Waals surface area contributed by atoms with Crippen LogP contribution in [0.15, 0.2) is 59.5 Å². The first-order valence-corrected chi connectivity index (χ1v) is 5.64. The molecule has 0 radical (unpaired) electrons. The number of rotatable bonds is 3. The van der Waals surface area contributed by atoms with Gasteiger partial charge in [0.25, 0.3) is 5.56 Å². The standard InChI is InChI=1S/C15H15NO/c1-13-9-11-16(15(17)12-13)10-5-8-14-6-3-2-4-7-14/h2-9,11-12H,10H2,1H3/b8-5+. The molecule has 1 heterocycles. The zero-order chi connectivity index (χ0) is 12.1. The summed E-state index contributed by atoms with van der Waals surface area (Å²) in [5.41, 5.74) is 2.19. The van der Waals surface area contributed by atoms with Gasteiger partial charge < -0.3 is 4.57 Å². The lowest BCUT2D eigenvalue weighted by Crippen LogP contribution is -2.17. The van der Waals surface area contributed by atoms with Crippen LogP contribution in [0.5, 0.6) is 0 Å². The molecule has 2 aromatic rings. The lowest BCUT2D eigenvalue weighted by atomic mass is 10.2. The van der Waals surface area contributed by atoms with Crippen molar-refractivity contribution in [2.45, 2.75) is 13.5 Å². The van der Waals surface area contributed by atoms with Gasteiger partial charge in [-0.1, -0.05) is 42.5 Å². The zero-order valence-corrected chi connectivity index (χ0v) is 9.84. The van der Waals surface area contributed by atoms with Crippen LogP contribution in [-0.2, 0) is 6.54 Å². The van der Waals surface area contributed by atoms with E-state index < -0.39 is 0 Å². The molecule has 0 atom stereocenters. The average molecular weight is 225 g/mol. The third-order valence-corrected chi connectivity index (χ3v) is 2.56. The van der Waals surface area contributed by atoms with Gasteiger partial charge in [-0.3, -0.25) is 4.79 Å². The molecule has 0 N–H and O–H groups in total. The highest BCUT2D eigenvalue weighted by molar-refractivity contribution is 5.48. The molecule has 0 unspecified atom stereocenters. The fourth-order valence-electron chi connectivity index (χ4n) is 1.62. The normalized spacial score (nSPS) is 10.9. The zero-order valence-electron chi connectivity index (χ0n) is 9.84. The Morgan fingerprint density at radius 2 is 1.94 bits per heavy atom. The molecule has 0 aliphatic heterocycles. The van der Waals surface area contributed by atoms with Crippen LogP contribution in [0.4, 0.5) is 0 Å². The molecule has 1 aromatic heterocycles. The van der Waals surface area contributed by atoms with Gasteiger partial charge in [0.1, 0.15) is 0 Å². The molecular formula is C15H15NO. The van der Waals surface area contributed by atoms with Gasteiger partial charge in [0.15, 0.2) is 0 Å². The maximum Gasteiger partial charge on any atom is 0.251 e. The van der Waals surface area contributed by atoms with Crippen molar-refractivity contribution < 1.29 is 0 Å². The number of benzene rings is 1. The minimum Gasteiger partial charge on any atom is -0.312 e. The molecular weight excluding hydrogens is 210 g/mol. The quantitative estimate of drug-likeness (QED) is 0.787. The van der Waals surface area contributed by atoms with Gasteiger partial charge in [-0.05, 0) is 24.1 Å². The van der Waals surface area contributed by atoms with Crippen LogP contribution in [0, 0.1) is 6.92 Å². The Bertz CT molecular complexity index is 567. The van der Waals surface area contributed by atoms with E-state index in [9.17, 15) is 4.79 Å². The molecule has 0 spiro atoms. The van der Waals surface area contributed by atoms with Crippen LogP contribution >= 0.6 is 0 Å². The van der Waals surface area contributed by atoms with Crippen molar-refractivity contribution in [2.24, 2.45) is 0 Å². The Morgan fingerprint density at radius 3 is 2.65 bits per heavy atom. The Morgan fingerprint density at radius 1 is 1.18 bits per heavy atom. The number of hydrogen-bond donors (Lipinski definition) is 0. The molecule has 0 saturated heterocycles. The molecule has 0 aliphatic carbocycles. The maximum atomic E-state index is 11.6. The van der Waals surface area contributed by atoms with Gasteiger partial charge >= 0.3 is 0 Å². The molecule has 2 nitrogen and oxygen atoms in total. The summed E-state index contributed by atoms with van der Waals surface area (Å²) in [6, 6.07) is 13.6. The second-order valence-electron chi connectivity index (χ2n) is 4.01. The van der Waals surface area contributed by atoms with E-state index in [0.717, 1.165) is 11.1 Å². The summed E-state index contributed by atoms with van der Waals surface area (Å²) in [5.74, 6) is 0. The number of aryl methyl sites for hydroxylation is 1. The third-order valence-electron chi connectivity index (χ3n) is 2.56. The summed E-state index contributed by atoms with van der Waals surface area (Å²) >= 11 is 0. The molecule has 2 rings (SSSR count). The SMILES string of the molecule is Cc1ccn(C/C=C/c2ccccc2)c(=O)c1. The van der Waals surface area contributed by atoms with Crippen molar-refractivity contribution in [1.29, 1.82) is 0 Å². The maximum absolute atomic E-state index is 11.6. The lowest BCUT2D eigenvalue weighted by Gasteiger charge is -2.01. The number of aromatic nitrogens is 1. The van der Waals surface area contributed by atoms with E-state index in [1.165, 1.54) is 0 Å². The molecule has 0 fully saturated rings. The van der Waals surface area contributed by atoms with Gasteiger partial charge in [-0.15, -0.1) is 0 Å². The van der Waals surface area contributed by atoms with Crippen molar-refractivity contribution in [1.82, 2.24) is 4.57 Å². The lowest BCUT2D eigenvalue weighted by molar-refractivity contribution is 0.778. The highest BCUT2D eigenvalue weighted by Gasteiger charge is 1.92. The molecule has 0 bridgehead atoms. The second-order valence-corrected chi connectivity index (χ2v) is 4.01. The van der Waals surface area contributed by atoms with Crippen LogP contribution in [0.2, 0.25) is 0 Å². The molecule has 1 aromatic carbocycles. The Hall–Kier alpha value is -2.09. The Labute approximate surface area is 101 Å². The fourth-order valence-corrected chi connectivity index (χ4v) is 1.62. The predicted octanol–water partition coefficient (Wildman–Crippen LogP) is 2.87. The van der Waals surface area contributed by atoms with Crippen LogP contribution < -0.4 is 5.56 Å². The molecule has 0 aliphatic rings. The minimum atomic E-state index is 0.0442. The number of hydrogen-bond acceptors (Lipinski definition) is 1. The first-order valence-electron chi connectivity index (χ1n) is 5.64. The van der Waals surface area contributed by atoms with E-state index >= 15 is 0 Å². The van der Waals surface area contributed by atoms with Crippen molar-refractivity contribution in [3.05, 3.63) is 76.2 Å². The summed E-state index contributed by atoms with van der Waals surface area (Å²) < 4.78 is 1.69. The first kappa shape index (κ1) is 11.4. The number of nitrogens with zero attached hydrogens (tertiary/aromatic N) is 1. The van der Waals surface area contributed by atoms with E-state index in [-0.39, 0.29) is 5.56 Å². The van der Waals surface area contributed by atoms with E-state index in [4.69, 9.17) is 0 Å². The summed E-state index contributed by atoms with van der Waals surface area (Å²) in [6.45, 7) is 2.53. The minimum absolute atomic E-state index is 0.0442. The van der Waals surface area contributed by atoms with Crippen LogP contribution in [-0.4, -0.2) is 4.57 Å². The van der Waals surface area contributed by atoms with Gasteiger partial charge in [-0.25, -0.2) is 0 Å². The number of pyridine rings is 1. The van der Waals surface area contributed by atoms with Crippen molar-refractivity contribution >= 4 is 6.08 Å². The monoisotopic (exact) mass is 225 g/mol. The van der Waals surface area contributed by atoms with Crippen LogP contribution in [0.3, 0.4) is 0 Å². The topological polar surface area (TPSA) is 22.0 Å². The van der Waals surface area contributed by atoms with Crippen molar-refractivity contribution in [3.63, 3.8) is 0 Å². The van der Waals surface area contributed by atoms with Gasteiger partial charge in [0.05, 0.1) is 0 Å². The molecule has 0 amide bonds. The molecule has 2 heteroatoms. The molecule has 17 heavy (non-hydrogen) atoms. The van der Waals surface area contributed by atoms with E-state index in [1.54, 1.807) is 10.6 Å². The largest absolute Gasteiger partial charge is 0.312 e. The molecule has 86 valence electrons. The summed E-state index contributed by atoms with van der Waals surface area (Å²) in [5, 5.41) is 0. The van der Waals surface area contributed by atoms with Crippen molar-refractivity contribution in [3.8, 4) is 0 Å². The highest BCUT2D eigenvalue weighted by Crippen LogP contribution is 2.01. The summed E-state index contributed by atoms with van der Waals surface area (Å²) in [4.78, 5) is 11.6. The van der Waals surface area contributed by atoms with Crippen LogP contribution in [0.1, 0.15) is 11.1 Å². The predicted molar refractivity (Wildman–Crippen MR) is 70.9 cm³/mol. The second kappa shape index (κ2) is 5.30. The molecule has 0 saturated carbocycles. The Kier molecular flexibility index (Phi) is 3.55. The fraction of sp³-hybridized carbons (Fsp3) is 0.133. The Balaban J connectivity index is 2.08. The van der Waals surface area contributed by atoms with Crippen molar-refractivity contribution in [2.75, 3.05) is 0 Å². The summed E-state index contributed by atoms with van der Waals surface area (Å²) in [7, 11) is 0. The highest BCUT2D eigenvalue weighted by atomic mass is 16.1. The first-order chi connectivity index (χ1) is 8.25. The van der Waals surface area contributed by atoms with Gasteiger partial charge in [-0.2, -0.15) is 0 Å².